The second kappa shape index (κ2) is 4.87. The van der Waals surface area contributed by atoms with Crippen molar-refractivity contribution in [3.63, 3.8) is 0 Å². The standard InChI is InChI=1S/C10H10F3NO2/c1-2-16-9(15)14-8-5-3-7(4-6-8)10(11,12)13/h3-6H,2H2,1H3,(H,14,15). The Bertz CT molecular complexity index is 359. The molecule has 0 spiro atoms. The Morgan fingerprint density at radius 3 is 2.31 bits per heavy atom. The number of hydrogen-bond acceptors (Lipinski definition) is 2. The molecule has 0 unspecified atom stereocenters. The molecule has 0 heterocycles. The highest BCUT2D eigenvalue weighted by Gasteiger charge is 2.29. The summed E-state index contributed by atoms with van der Waals surface area (Å²) in [5.74, 6) is 0. The fourth-order valence-electron chi connectivity index (χ4n) is 1.03. The Morgan fingerprint density at radius 1 is 1.31 bits per heavy atom. The van der Waals surface area contributed by atoms with Crippen molar-refractivity contribution in [1.82, 2.24) is 0 Å². The molecule has 3 nitrogen and oxygen atoms in total. The molecule has 0 aliphatic heterocycles. The number of hydrogen-bond donors (Lipinski definition) is 1. The third-order valence-corrected chi connectivity index (χ3v) is 1.73. The van der Waals surface area contributed by atoms with Crippen molar-refractivity contribution in [2.24, 2.45) is 0 Å². The first kappa shape index (κ1) is 12.4. The molecule has 16 heavy (non-hydrogen) atoms. The second-order valence-corrected chi connectivity index (χ2v) is 2.92. The van der Waals surface area contributed by atoms with Crippen LogP contribution in [0.25, 0.3) is 0 Å². The molecule has 6 heteroatoms. The summed E-state index contributed by atoms with van der Waals surface area (Å²) in [6.45, 7) is 1.83. The van der Waals surface area contributed by atoms with Gasteiger partial charge in [-0.3, -0.25) is 5.32 Å². The molecule has 1 aromatic carbocycles. The van der Waals surface area contributed by atoms with Gasteiger partial charge in [-0.1, -0.05) is 0 Å². The summed E-state index contributed by atoms with van der Waals surface area (Å²) < 4.78 is 41.1. The summed E-state index contributed by atoms with van der Waals surface area (Å²) in [6, 6.07) is 4.11. The summed E-state index contributed by atoms with van der Waals surface area (Å²) in [7, 11) is 0. The van der Waals surface area contributed by atoms with Crippen LogP contribution in [0.3, 0.4) is 0 Å². The van der Waals surface area contributed by atoms with Crippen LogP contribution in [0.5, 0.6) is 0 Å². The van der Waals surface area contributed by atoms with Crippen molar-refractivity contribution >= 4 is 11.8 Å². The van der Waals surface area contributed by atoms with Crippen LogP contribution in [0.4, 0.5) is 23.7 Å². The molecular weight excluding hydrogens is 223 g/mol. The smallest absolute Gasteiger partial charge is 0.416 e. The van der Waals surface area contributed by atoms with E-state index in [0.717, 1.165) is 12.1 Å². The SMILES string of the molecule is CCOC(=O)Nc1ccc(C(F)(F)F)cc1. The van der Waals surface area contributed by atoms with E-state index in [1.54, 1.807) is 6.92 Å². The van der Waals surface area contributed by atoms with Gasteiger partial charge in [-0.2, -0.15) is 13.2 Å². The van der Waals surface area contributed by atoms with E-state index in [4.69, 9.17) is 0 Å². The molecule has 0 saturated heterocycles. The first-order chi connectivity index (χ1) is 7.43. The lowest BCUT2D eigenvalue weighted by atomic mass is 10.2. The highest BCUT2D eigenvalue weighted by Crippen LogP contribution is 2.29. The normalized spacial score (nSPS) is 11.0. The molecule has 1 aromatic rings. The number of benzene rings is 1. The van der Waals surface area contributed by atoms with E-state index >= 15 is 0 Å². The monoisotopic (exact) mass is 233 g/mol. The molecule has 0 bridgehead atoms. The fraction of sp³-hybridized carbons (Fsp3) is 0.300. The van der Waals surface area contributed by atoms with E-state index < -0.39 is 17.8 Å². The lowest BCUT2D eigenvalue weighted by Gasteiger charge is -2.08. The van der Waals surface area contributed by atoms with Gasteiger partial charge >= 0.3 is 12.3 Å². The van der Waals surface area contributed by atoms with Crippen molar-refractivity contribution < 1.29 is 22.7 Å². The third-order valence-electron chi connectivity index (χ3n) is 1.73. The summed E-state index contributed by atoms with van der Waals surface area (Å²) >= 11 is 0. The topological polar surface area (TPSA) is 38.3 Å². The van der Waals surface area contributed by atoms with Gasteiger partial charge in [0.2, 0.25) is 0 Å². The van der Waals surface area contributed by atoms with Crippen molar-refractivity contribution in [1.29, 1.82) is 0 Å². The molecule has 0 saturated carbocycles. The van der Waals surface area contributed by atoms with Crippen LogP contribution in [0.1, 0.15) is 12.5 Å². The van der Waals surface area contributed by atoms with Gasteiger partial charge in [0.25, 0.3) is 0 Å². The lowest BCUT2D eigenvalue weighted by molar-refractivity contribution is -0.137. The fourth-order valence-corrected chi connectivity index (χ4v) is 1.03. The highest BCUT2D eigenvalue weighted by atomic mass is 19.4. The van der Waals surface area contributed by atoms with Crippen LogP contribution in [0.2, 0.25) is 0 Å². The maximum Gasteiger partial charge on any atom is 0.416 e. The molecule has 0 fully saturated rings. The number of carbonyl (C=O) groups excluding carboxylic acids is 1. The van der Waals surface area contributed by atoms with E-state index in [-0.39, 0.29) is 12.3 Å². The van der Waals surface area contributed by atoms with Crippen LogP contribution in [0, 0.1) is 0 Å². The quantitative estimate of drug-likeness (QED) is 0.851. The van der Waals surface area contributed by atoms with Crippen molar-refractivity contribution in [3.05, 3.63) is 29.8 Å². The minimum atomic E-state index is -4.37. The van der Waals surface area contributed by atoms with E-state index in [0.29, 0.717) is 0 Å². The summed E-state index contributed by atoms with van der Waals surface area (Å²) in [5, 5.41) is 2.29. The molecule has 0 aromatic heterocycles. The maximum absolute atomic E-state index is 12.2. The Balaban J connectivity index is 2.69. The van der Waals surface area contributed by atoms with Crippen LogP contribution < -0.4 is 5.32 Å². The number of anilines is 1. The molecule has 1 amide bonds. The van der Waals surface area contributed by atoms with E-state index in [2.05, 4.69) is 10.1 Å². The number of alkyl halides is 3. The third kappa shape index (κ3) is 3.45. The predicted octanol–water partition coefficient (Wildman–Crippen LogP) is 3.27. The average Bonchev–Trinajstić information content (AvgIpc) is 2.17. The second-order valence-electron chi connectivity index (χ2n) is 2.92. The molecule has 1 rings (SSSR count). The van der Waals surface area contributed by atoms with Gasteiger partial charge < -0.3 is 4.74 Å². The zero-order valence-corrected chi connectivity index (χ0v) is 8.47. The minimum Gasteiger partial charge on any atom is -0.450 e. The van der Waals surface area contributed by atoms with E-state index in [1.165, 1.54) is 12.1 Å². The van der Waals surface area contributed by atoms with Crippen LogP contribution in [0.15, 0.2) is 24.3 Å². The number of rotatable bonds is 2. The first-order valence-electron chi connectivity index (χ1n) is 4.54. The summed E-state index contributed by atoms with van der Waals surface area (Å²) in [6.07, 6.45) is -5.06. The van der Waals surface area contributed by atoms with E-state index in [1.807, 2.05) is 0 Å². The number of halogens is 3. The lowest BCUT2D eigenvalue weighted by Crippen LogP contribution is -2.13. The van der Waals surface area contributed by atoms with Gasteiger partial charge in [0.1, 0.15) is 0 Å². The van der Waals surface area contributed by atoms with Gasteiger partial charge in [-0.15, -0.1) is 0 Å². The maximum atomic E-state index is 12.2. The molecule has 1 N–H and O–H groups in total. The minimum absolute atomic E-state index is 0.201. The zero-order chi connectivity index (χ0) is 12.2. The number of amides is 1. The Hall–Kier alpha value is -1.72. The Labute approximate surface area is 90.2 Å². The van der Waals surface area contributed by atoms with Gasteiger partial charge in [0.05, 0.1) is 12.2 Å². The van der Waals surface area contributed by atoms with Gasteiger partial charge in [0.15, 0.2) is 0 Å². The molecule has 0 atom stereocenters. The van der Waals surface area contributed by atoms with Crippen LogP contribution >= 0.6 is 0 Å². The molecule has 88 valence electrons. The van der Waals surface area contributed by atoms with Gasteiger partial charge in [0, 0.05) is 5.69 Å². The first-order valence-corrected chi connectivity index (χ1v) is 4.54. The van der Waals surface area contributed by atoms with Crippen molar-refractivity contribution in [3.8, 4) is 0 Å². The number of nitrogens with one attached hydrogen (secondary N) is 1. The average molecular weight is 233 g/mol. The Morgan fingerprint density at radius 2 is 1.88 bits per heavy atom. The van der Waals surface area contributed by atoms with Crippen LogP contribution in [-0.4, -0.2) is 12.7 Å². The molecule has 0 aliphatic rings. The predicted molar refractivity (Wildman–Crippen MR) is 52.1 cm³/mol. The zero-order valence-electron chi connectivity index (χ0n) is 8.47. The summed E-state index contributed by atoms with van der Waals surface area (Å²) in [4.78, 5) is 10.9. The molecule has 0 aliphatic carbocycles. The molecular formula is C10H10F3NO2. The van der Waals surface area contributed by atoms with Gasteiger partial charge in [-0.25, -0.2) is 4.79 Å². The largest absolute Gasteiger partial charge is 0.450 e. The van der Waals surface area contributed by atoms with Crippen molar-refractivity contribution in [2.75, 3.05) is 11.9 Å². The number of ether oxygens (including phenoxy) is 1. The number of carbonyl (C=O) groups is 1. The molecule has 0 radical (unpaired) electrons. The summed E-state index contributed by atoms with van der Waals surface area (Å²) in [5.41, 5.74) is -0.506. The van der Waals surface area contributed by atoms with E-state index in [9.17, 15) is 18.0 Å². The highest BCUT2D eigenvalue weighted by molar-refractivity contribution is 5.84. The van der Waals surface area contributed by atoms with Crippen molar-refractivity contribution in [2.45, 2.75) is 13.1 Å². The van der Waals surface area contributed by atoms with Crippen LogP contribution in [-0.2, 0) is 10.9 Å². The van der Waals surface area contributed by atoms with Gasteiger partial charge in [-0.05, 0) is 31.2 Å². The Kier molecular flexibility index (Phi) is 3.76.